The van der Waals surface area contributed by atoms with Gasteiger partial charge in [-0.25, -0.2) is 0 Å². The second kappa shape index (κ2) is 7.29. The van der Waals surface area contributed by atoms with Crippen molar-refractivity contribution in [2.24, 2.45) is 11.8 Å². The summed E-state index contributed by atoms with van der Waals surface area (Å²) in [5.41, 5.74) is 2.25. The summed E-state index contributed by atoms with van der Waals surface area (Å²) >= 11 is 0. The molecule has 1 unspecified atom stereocenters. The molecule has 3 heteroatoms. The number of carbonyl (C=O) groups is 1. The van der Waals surface area contributed by atoms with Crippen LogP contribution in [0.15, 0.2) is 24.3 Å². The van der Waals surface area contributed by atoms with E-state index >= 15 is 0 Å². The molecule has 1 amide bonds. The molecule has 1 aromatic rings. The van der Waals surface area contributed by atoms with Gasteiger partial charge in [0.15, 0.2) is 0 Å². The third kappa shape index (κ3) is 4.06. The molecule has 1 aromatic carbocycles. The molecule has 0 saturated carbocycles. The zero-order valence-electron chi connectivity index (χ0n) is 12.7. The van der Waals surface area contributed by atoms with Crippen LogP contribution in [-0.4, -0.2) is 26.5 Å². The lowest BCUT2D eigenvalue weighted by Crippen LogP contribution is -2.40. The average molecular weight is 262 g/mol. The predicted octanol–water partition coefficient (Wildman–Crippen LogP) is 2.70. The summed E-state index contributed by atoms with van der Waals surface area (Å²) < 4.78 is 0. The number of amides is 1. The van der Waals surface area contributed by atoms with E-state index in [2.05, 4.69) is 38.2 Å². The molecule has 106 valence electrons. The molecule has 0 saturated heterocycles. The van der Waals surface area contributed by atoms with Crippen LogP contribution < -0.4 is 10.2 Å². The second-order valence-electron chi connectivity index (χ2n) is 5.33. The summed E-state index contributed by atoms with van der Waals surface area (Å²) in [6.07, 6.45) is 1.02. The Morgan fingerprint density at radius 1 is 1.26 bits per heavy atom. The molecular formula is C16H26N2O. The van der Waals surface area contributed by atoms with Crippen LogP contribution in [0.1, 0.15) is 26.3 Å². The van der Waals surface area contributed by atoms with Crippen molar-refractivity contribution < 1.29 is 4.79 Å². The van der Waals surface area contributed by atoms with E-state index in [0.29, 0.717) is 12.5 Å². The van der Waals surface area contributed by atoms with Gasteiger partial charge in [0.05, 0.1) is 5.92 Å². The van der Waals surface area contributed by atoms with E-state index in [1.165, 1.54) is 5.56 Å². The van der Waals surface area contributed by atoms with Crippen molar-refractivity contribution in [2.45, 2.75) is 27.2 Å². The Morgan fingerprint density at radius 3 is 2.26 bits per heavy atom. The fourth-order valence-electron chi connectivity index (χ4n) is 2.16. The minimum absolute atomic E-state index is 0.0147. The molecule has 0 aliphatic rings. The smallest absolute Gasteiger partial charge is 0.231 e. The van der Waals surface area contributed by atoms with Crippen LogP contribution in [0.4, 0.5) is 5.69 Å². The maximum Gasteiger partial charge on any atom is 0.231 e. The predicted molar refractivity (Wildman–Crippen MR) is 81.5 cm³/mol. The summed E-state index contributed by atoms with van der Waals surface area (Å²) in [4.78, 5) is 14.3. The number of benzene rings is 1. The summed E-state index contributed by atoms with van der Waals surface area (Å²) in [5.74, 6) is 0.520. The monoisotopic (exact) mass is 262 g/mol. The number of nitrogens with zero attached hydrogens (tertiary/aromatic N) is 1. The van der Waals surface area contributed by atoms with Crippen LogP contribution in [0.5, 0.6) is 0 Å². The van der Waals surface area contributed by atoms with Gasteiger partial charge < -0.3 is 10.2 Å². The third-order valence-corrected chi connectivity index (χ3v) is 3.61. The minimum Gasteiger partial charge on any atom is -0.319 e. The van der Waals surface area contributed by atoms with E-state index in [9.17, 15) is 4.79 Å². The van der Waals surface area contributed by atoms with Gasteiger partial charge in [-0.1, -0.05) is 32.9 Å². The first-order valence-corrected chi connectivity index (χ1v) is 7.02. The van der Waals surface area contributed by atoms with Crippen molar-refractivity contribution in [2.75, 3.05) is 25.5 Å². The molecule has 19 heavy (non-hydrogen) atoms. The lowest BCUT2D eigenvalue weighted by atomic mass is 9.94. The van der Waals surface area contributed by atoms with Gasteiger partial charge in [-0.15, -0.1) is 0 Å². The van der Waals surface area contributed by atoms with Gasteiger partial charge in [0.1, 0.15) is 0 Å². The molecule has 0 fully saturated rings. The van der Waals surface area contributed by atoms with E-state index < -0.39 is 0 Å². The molecule has 0 spiro atoms. The Morgan fingerprint density at radius 2 is 1.84 bits per heavy atom. The van der Waals surface area contributed by atoms with Gasteiger partial charge in [0.2, 0.25) is 5.91 Å². The van der Waals surface area contributed by atoms with Gasteiger partial charge in [-0.3, -0.25) is 4.79 Å². The first-order chi connectivity index (χ1) is 9.01. The van der Waals surface area contributed by atoms with Crippen LogP contribution in [0.25, 0.3) is 0 Å². The lowest BCUT2D eigenvalue weighted by Gasteiger charge is -2.26. The number of hydrogen-bond donors (Lipinski definition) is 1. The second-order valence-corrected chi connectivity index (χ2v) is 5.33. The summed E-state index contributed by atoms with van der Waals surface area (Å²) in [6, 6.07) is 8.21. The van der Waals surface area contributed by atoms with E-state index in [4.69, 9.17) is 0 Å². The van der Waals surface area contributed by atoms with Crippen LogP contribution in [0, 0.1) is 11.8 Å². The maximum absolute atomic E-state index is 12.5. The minimum atomic E-state index is 0.0147. The highest BCUT2D eigenvalue weighted by Gasteiger charge is 2.25. The Balaban J connectivity index is 2.84. The molecule has 0 radical (unpaired) electrons. The highest BCUT2D eigenvalue weighted by atomic mass is 16.2. The number of anilines is 1. The molecule has 0 aromatic heterocycles. The molecule has 1 atom stereocenters. The van der Waals surface area contributed by atoms with Gasteiger partial charge in [-0.05, 0) is 37.1 Å². The lowest BCUT2D eigenvalue weighted by molar-refractivity contribution is -0.123. The van der Waals surface area contributed by atoms with E-state index in [1.807, 2.05) is 26.2 Å². The van der Waals surface area contributed by atoms with Crippen LogP contribution >= 0.6 is 0 Å². The molecule has 0 aliphatic carbocycles. The zero-order chi connectivity index (χ0) is 14.4. The molecule has 0 aliphatic heterocycles. The highest BCUT2D eigenvalue weighted by molar-refractivity contribution is 5.94. The van der Waals surface area contributed by atoms with Gasteiger partial charge in [-0.2, -0.15) is 0 Å². The molecule has 3 nitrogen and oxygen atoms in total. The number of aryl methyl sites for hydroxylation is 1. The van der Waals surface area contributed by atoms with Crippen LogP contribution in [0.2, 0.25) is 0 Å². The van der Waals surface area contributed by atoms with Crippen molar-refractivity contribution in [3.8, 4) is 0 Å². The summed E-state index contributed by atoms with van der Waals surface area (Å²) in [6.45, 7) is 7.03. The van der Waals surface area contributed by atoms with Crippen molar-refractivity contribution in [1.82, 2.24) is 5.32 Å². The SMILES string of the molecule is CCc1ccc(N(C)C(=O)C(CNC)C(C)C)cc1. The number of rotatable bonds is 6. The fraction of sp³-hybridized carbons (Fsp3) is 0.562. The van der Waals surface area contributed by atoms with E-state index in [0.717, 1.165) is 12.1 Å². The molecule has 0 bridgehead atoms. The van der Waals surface area contributed by atoms with Crippen molar-refractivity contribution in [3.05, 3.63) is 29.8 Å². The van der Waals surface area contributed by atoms with Crippen molar-refractivity contribution in [1.29, 1.82) is 0 Å². The third-order valence-electron chi connectivity index (χ3n) is 3.61. The Labute approximate surface area is 117 Å². The highest BCUT2D eigenvalue weighted by Crippen LogP contribution is 2.19. The van der Waals surface area contributed by atoms with Crippen molar-refractivity contribution in [3.63, 3.8) is 0 Å². The zero-order valence-corrected chi connectivity index (χ0v) is 12.7. The number of nitrogens with one attached hydrogen (secondary N) is 1. The number of carbonyl (C=O) groups excluding carboxylic acids is 1. The molecule has 1 rings (SSSR count). The Bertz CT molecular complexity index is 398. The van der Waals surface area contributed by atoms with Crippen LogP contribution in [-0.2, 0) is 11.2 Å². The normalized spacial score (nSPS) is 12.5. The van der Waals surface area contributed by atoms with Crippen molar-refractivity contribution >= 4 is 11.6 Å². The molecule has 0 heterocycles. The topological polar surface area (TPSA) is 32.3 Å². The van der Waals surface area contributed by atoms with Gasteiger partial charge >= 0.3 is 0 Å². The van der Waals surface area contributed by atoms with E-state index in [1.54, 1.807) is 4.90 Å². The molecular weight excluding hydrogens is 236 g/mol. The average Bonchev–Trinajstić information content (AvgIpc) is 2.43. The summed E-state index contributed by atoms with van der Waals surface area (Å²) in [7, 11) is 3.74. The van der Waals surface area contributed by atoms with Gasteiger partial charge in [0, 0.05) is 19.3 Å². The molecule has 1 N–H and O–H groups in total. The number of hydrogen-bond acceptors (Lipinski definition) is 2. The Kier molecular flexibility index (Phi) is 6.03. The maximum atomic E-state index is 12.5. The first-order valence-electron chi connectivity index (χ1n) is 7.02. The van der Waals surface area contributed by atoms with E-state index in [-0.39, 0.29) is 11.8 Å². The summed E-state index contributed by atoms with van der Waals surface area (Å²) in [5, 5.41) is 3.11. The largest absolute Gasteiger partial charge is 0.319 e. The van der Waals surface area contributed by atoms with Gasteiger partial charge in [0.25, 0.3) is 0 Å². The quantitative estimate of drug-likeness (QED) is 0.855. The van der Waals surface area contributed by atoms with Crippen LogP contribution in [0.3, 0.4) is 0 Å². The first kappa shape index (κ1) is 15.7. The Hall–Kier alpha value is -1.35. The fourth-order valence-corrected chi connectivity index (χ4v) is 2.16. The standard InChI is InChI=1S/C16H26N2O/c1-6-13-7-9-14(10-8-13)18(5)16(19)15(11-17-4)12(2)3/h7-10,12,15,17H,6,11H2,1-5H3.